The predicted molar refractivity (Wildman–Crippen MR) is 63.6 cm³/mol. The molecule has 2 N–H and O–H groups in total. The van der Waals surface area contributed by atoms with Gasteiger partial charge in [0.2, 0.25) is 0 Å². The van der Waals surface area contributed by atoms with Gasteiger partial charge in [-0.2, -0.15) is 0 Å². The summed E-state index contributed by atoms with van der Waals surface area (Å²) >= 11 is 0.321. The van der Waals surface area contributed by atoms with Gasteiger partial charge in [-0.1, -0.05) is 0 Å². The Morgan fingerprint density at radius 3 is 2.15 bits per heavy atom. The third-order valence-corrected chi connectivity index (χ3v) is 5.68. The summed E-state index contributed by atoms with van der Waals surface area (Å²) in [5.74, 6) is 1.67. The minimum absolute atomic E-state index is 0.321. The molecule has 0 fully saturated rings. The van der Waals surface area contributed by atoms with Crippen LogP contribution in [0.15, 0.2) is 0 Å². The fourth-order valence-corrected chi connectivity index (χ4v) is 4.25. The van der Waals surface area contributed by atoms with Crippen LogP contribution in [0.3, 0.4) is 0 Å². The van der Waals surface area contributed by atoms with E-state index in [2.05, 4.69) is 27.7 Å². The Kier molecular flexibility index (Phi) is 8.19. The quantitative estimate of drug-likeness (QED) is 0.543. The number of hydrogen-bond donors (Lipinski definition) is 1. The van der Waals surface area contributed by atoms with Gasteiger partial charge in [-0.3, -0.25) is 0 Å². The molecular formula is C11H26AsN. The average Bonchev–Trinajstić information content (AvgIpc) is 1.96. The maximum atomic E-state index is 6.01. The third-order valence-electron chi connectivity index (χ3n) is 2.02. The van der Waals surface area contributed by atoms with Gasteiger partial charge in [-0.15, -0.1) is 0 Å². The second-order valence-electron chi connectivity index (χ2n) is 4.78. The van der Waals surface area contributed by atoms with E-state index in [1.807, 2.05) is 0 Å². The second kappa shape index (κ2) is 7.88. The molecule has 2 heteroatoms. The van der Waals surface area contributed by atoms with Crippen molar-refractivity contribution in [2.24, 2.45) is 17.6 Å². The van der Waals surface area contributed by atoms with Crippen molar-refractivity contribution in [1.29, 1.82) is 0 Å². The first kappa shape index (κ1) is 13.5. The molecule has 0 aromatic heterocycles. The van der Waals surface area contributed by atoms with Gasteiger partial charge >= 0.3 is 90.3 Å². The van der Waals surface area contributed by atoms with E-state index in [1.54, 1.807) is 0 Å². The SMILES string of the molecule is CC(C)C[AsH]CC[C@@H](N)CC(C)C. The Hall–Kier alpha value is 0.518. The van der Waals surface area contributed by atoms with E-state index < -0.39 is 0 Å². The molecule has 0 aliphatic rings. The molecule has 13 heavy (non-hydrogen) atoms. The van der Waals surface area contributed by atoms with Crippen molar-refractivity contribution in [1.82, 2.24) is 0 Å². The topological polar surface area (TPSA) is 26.0 Å². The van der Waals surface area contributed by atoms with Crippen LogP contribution in [0.1, 0.15) is 40.5 Å². The van der Waals surface area contributed by atoms with Crippen LogP contribution >= 0.6 is 0 Å². The van der Waals surface area contributed by atoms with Crippen LogP contribution in [0.4, 0.5) is 0 Å². The van der Waals surface area contributed by atoms with E-state index in [0.717, 1.165) is 11.8 Å². The maximum absolute atomic E-state index is 6.01. The molecule has 0 aliphatic carbocycles. The van der Waals surface area contributed by atoms with Crippen LogP contribution in [0.5, 0.6) is 0 Å². The molecule has 0 spiro atoms. The van der Waals surface area contributed by atoms with Gasteiger partial charge in [0, 0.05) is 0 Å². The zero-order valence-electron chi connectivity index (χ0n) is 9.64. The molecule has 1 unspecified atom stereocenters. The molecule has 0 aliphatic heterocycles. The molecule has 0 amide bonds. The Labute approximate surface area is 90.5 Å². The van der Waals surface area contributed by atoms with Gasteiger partial charge in [0.25, 0.3) is 0 Å². The number of nitrogens with two attached hydrogens (primary N) is 1. The minimum atomic E-state index is 0.321. The van der Waals surface area contributed by atoms with Gasteiger partial charge in [0.05, 0.1) is 0 Å². The van der Waals surface area contributed by atoms with E-state index in [0.29, 0.717) is 21.8 Å². The summed E-state index contributed by atoms with van der Waals surface area (Å²) in [6, 6.07) is 0.468. The Balaban J connectivity index is 3.22. The summed E-state index contributed by atoms with van der Waals surface area (Å²) in [5.41, 5.74) is 6.01. The first-order chi connectivity index (χ1) is 6.02. The summed E-state index contributed by atoms with van der Waals surface area (Å²) in [6.07, 6.45) is 2.47. The van der Waals surface area contributed by atoms with Gasteiger partial charge in [-0.05, 0) is 0 Å². The Morgan fingerprint density at radius 1 is 1.08 bits per heavy atom. The first-order valence-corrected chi connectivity index (χ1v) is 8.45. The van der Waals surface area contributed by atoms with E-state index >= 15 is 0 Å². The fourth-order valence-electron chi connectivity index (χ4n) is 1.40. The molecule has 0 saturated carbocycles. The van der Waals surface area contributed by atoms with Crippen molar-refractivity contribution in [3.05, 3.63) is 0 Å². The zero-order chi connectivity index (χ0) is 10.3. The van der Waals surface area contributed by atoms with Crippen LogP contribution in [-0.2, 0) is 0 Å². The van der Waals surface area contributed by atoms with E-state index in [4.69, 9.17) is 5.73 Å². The molecule has 0 aromatic rings. The van der Waals surface area contributed by atoms with Gasteiger partial charge in [0.1, 0.15) is 0 Å². The summed E-state index contributed by atoms with van der Waals surface area (Å²) in [7, 11) is 0. The van der Waals surface area contributed by atoms with Crippen LogP contribution in [-0.4, -0.2) is 21.8 Å². The molecule has 2 atom stereocenters. The Morgan fingerprint density at radius 2 is 1.69 bits per heavy atom. The summed E-state index contributed by atoms with van der Waals surface area (Å²) in [6.45, 7) is 9.14. The molecule has 0 aromatic carbocycles. The van der Waals surface area contributed by atoms with Crippen molar-refractivity contribution >= 4 is 15.8 Å². The molecule has 80 valence electrons. The van der Waals surface area contributed by atoms with Gasteiger partial charge < -0.3 is 0 Å². The second-order valence-corrected chi connectivity index (χ2v) is 7.73. The molecule has 0 heterocycles. The third kappa shape index (κ3) is 10.4. The monoisotopic (exact) mass is 247 g/mol. The summed E-state index contributed by atoms with van der Waals surface area (Å²) in [5, 5.41) is 2.92. The van der Waals surface area contributed by atoms with Crippen molar-refractivity contribution in [2.75, 3.05) is 0 Å². The number of hydrogen-bond acceptors (Lipinski definition) is 1. The van der Waals surface area contributed by atoms with Crippen molar-refractivity contribution in [3.63, 3.8) is 0 Å². The molecule has 1 nitrogen and oxygen atoms in total. The van der Waals surface area contributed by atoms with Crippen molar-refractivity contribution in [2.45, 2.75) is 57.0 Å². The summed E-state index contributed by atoms with van der Waals surface area (Å²) in [4.78, 5) is 0. The molecule has 0 saturated heterocycles. The van der Waals surface area contributed by atoms with Crippen molar-refractivity contribution < 1.29 is 0 Å². The summed E-state index contributed by atoms with van der Waals surface area (Å²) < 4.78 is 0. The molecule has 0 bridgehead atoms. The first-order valence-electron chi connectivity index (χ1n) is 5.48. The average molecular weight is 247 g/mol. The van der Waals surface area contributed by atoms with Gasteiger partial charge in [-0.25, -0.2) is 0 Å². The van der Waals surface area contributed by atoms with E-state index in [1.165, 1.54) is 23.3 Å². The van der Waals surface area contributed by atoms with Crippen LogP contribution in [0.2, 0.25) is 10.4 Å². The normalized spacial score (nSPS) is 15.0. The number of rotatable bonds is 7. The van der Waals surface area contributed by atoms with Gasteiger partial charge in [0.15, 0.2) is 0 Å². The molecule has 0 rings (SSSR count). The fraction of sp³-hybridized carbons (Fsp3) is 1.00. The molecular weight excluding hydrogens is 221 g/mol. The van der Waals surface area contributed by atoms with Crippen LogP contribution < -0.4 is 5.73 Å². The van der Waals surface area contributed by atoms with E-state index in [9.17, 15) is 0 Å². The van der Waals surface area contributed by atoms with Crippen LogP contribution in [0, 0.1) is 11.8 Å². The molecule has 0 radical (unpaired) electrons. The standard InChI is InChI=1S/C11H26AsN/c1-9(2)7-11(13)5-6-12-8-10(3)4/h9-12H,5-8,13H2,1-4H3/t11-/m1/s1. The van der Waals surface area contributed by atoms with Crippen molar-refractivity contribution in [3.8, 4) is 0 Å². The van der Waals surface area contributed by atoms with E-state index in [-0.39, 0.29) is 0 Å². The Bertz CT molecular complexity index is 113. The van der Waals surface area contributed by atoms with Crippen LogP contribution in [0.25, 0.3) is 0 Å². The zero-order valence-corrected chi connectivity index (χ0v) is 11.7. The predicted octanol–water partition coefficient (Wildman–Crippen LogP) is 2.68.